The molecule has 3 heterocycles. The van der Waals surface area contributed by atoms with E-state index in [0.29, 0.717) is 6.01 Å². The van der Waals surface area contributed by atoms with Crippen LogP contribution < -0.4 is 4.74 Å². The van der Waals surface area contributed by atoms with Crippen molar-refractivity contribution in [3.63, 3.8) is 0 Å². The molecule has 0 fully saturated rings. The maximum Gasteiger partial charge on any atom is 0.300 e. The lowest BCUT2D eigenvalue weighted by molar-refractivity contribution is 0.445. The Morgan fingerprint density at radius 3 is 2.67 bits per heavy atom. The summed E-state index contributed by atoms with van der Waals surface area (Å²) in [7, 11) is 0. The highest BCUT2D eigenvalue weighted by Gasteiger charge is 2.09. The molecule has 122 valence electrons. The van der Waals surface area contributed by atoms with Gasteiger partial charge in [-0.05, 0) is 50.2 Å². The Labute approximate surface area is 145 Å². The molecule has 0 saturated carbocycles. The molecule has 4 aromatic rings. The van der Waals surface area contributed by atoms with E-state index in [1.54, 1.807) is 6.20 Å². The van der Waals surface area contributed by atoms with E-state index in [1.807, 2.05) is 56.6 Å². The van der Waals surface area contributed by atoms with Crippen molar-refractivity contribution in [1.29, 1.82) is 0 Å². The number of rotatable bonds is 3. The number of nitrogens with zero attached hydrogens (tertiary/aromatic N) is 3. The molecule has 1 N–H and O–H groups in total. The van der Waals surface area contributed by atoms with Gasteiger partial charge in [0.05, 0.1) is 11.0 Å². The molecule has 0 aliphatic rings. The highest BCUT2D eigenvalue weighted by atomic mass is 35.5. The third kappa shape index (κ3) is 2.86. The van der Waals surface area contributed by atoms with E-state index in [2.05, 4.69) is 25.6 Å². The van der Waals surface area contributed by atoms with E-state index in [4.69, 9.17) is 4.74 Å². The number of H-pyrrole nitrogens is 1. The van der Waals surface area contributed by atoms with E-state index in [1.165, 1.54) is 0 Å². The number of benzene rings is 1. The number of hydrogen-bond donors (Lipinski definition) is 1. The number of ether oxygens (including phenoxy) is 1. The number of pyridine rings is 1. The molecule has 24 heavy (non-hydrogen) atoms. The largest absolute Gasteiger partial charge is 0.425 e. The summed E-state index contributed by atoms with van der Waals surface area (Å²) >= 11 is 0. The van der Waals surface area contributed by atoms with Crippen LogP contribution in [0.3, 0.4) is 0 Å². The number of aromatic amines is 1. The second-order valence-electron chi connectivity index (χ2n) is 5.46. The fraction of sp³-hybridized carbons (Fsp3) is 0.111. The first kappa shape index (κ1) is 16.1. The first-order chi connectivity index (χ1) is 11.2. The van der Waals surface area contributed by atoms with Crippen molar-refractivity contribution in [3.8, 4) is 17.4 Å². The highest BCUT2D eigenvalue weighted by Crippen LogP contribution is 2.26. The van der Waals surface area contributed by atoms with Crippen LogP contribution in [0, 0.1) is 13.8 Å². The summed E-state index contributed by atoms with van der Waals surface area (Å²) < 4.78 is 7.94. The second kappa shape index (κ2) is 6.37. The number of fused-ring (bicyclic) bond motifs is 1. The third-order valence-corrected chi connectivity index (χ3v) is 3.96. The van der Waals surface area contributed by atoms with Gasteiger partial charge in [-0.15, -0.1) is 12.4 Å². The summed E-state index contributed by atoms with van der Waals surface area (Å²) in [6, 6.07) is 12.4. The van der Waals surface area contributed by atoms with Crippen molar-refractivity contribution < 1.29 is 4.74 Å². The van der Waals surface area contributed by atoms with Gasteiger partial charge in [-0.25, -0.2) is 0 Å². The van der Waals surface area contributed by atoms with Crippen molar-refractivity contribution in [1.82, 2.24) is 19.5 Å². The van der Waals surface area contributed by atoms with Crippen molar-refractivity contribution in [3.05, 3.63) is 66.2 Å². The number of halogens is 1. The molecule has 0 aliphatic heterocycles. The lowest BCUT2D eigenvalue weighted by Gasteiger charge is -2.06. The minimum Gasteiger partial charge on any atom is -0.425 e. The molecule has 6 heteroatoms. The molecular formula is C18H17ClN4O. The highest BCUT2D eigenvalue weighted by molar-refractivity contribution is 5.85. The summed E-state index contributed by atoms with van der Waals surface area (Å²) in [6.45, 7) is 3.95. The number of aromatic nitrogens is 4. The summed E-state index contributed by atoms with van der Waals surface area (Å²) in [5.74, 6) is 0.766. The number of imidazole rings is 1. The predicted octanol–water partition coefficient (Wildman–Crippen LogP) is 4.58. The molecule has 1 aromatic carbocycles. The topological polar surface area (TPSA) is 55.7 Å². The molecule has 3 aromatic heterocycles. The zero-order valence-corrected chi connectivity index (χ0v) is 14.2. The monoisotopic (exact) mass is 340 g/mol. The average Bonchev–Trinajstić information content (AvgIpc) is 3.20. The number of aryl methyl sites for hydroxylation is 1. The van der Waals surface area contributed by atoms with Gasteiger partial charge in [0.25, 0.3) is 6.01 Å². The van der Waals surface area contributed by atoms with Crippen LogP contribution in [0.4, 0.5) is 0 Å². The standard InChI is InChI=1S/C18H16N4O.ClH/c1-12-13(2)19-8-7-17(12)23-18-20-15-6-5-14(11-16(15)21-18)22-9-3-4-10-22;/h3-11H,1-2H3,(H,20,21);1H. The second-order valence-corrected chi connectivity index (χ2v) is 5.46. The zero-order chi connectivity index (χ0) is 15.8. The normalized spacial score (nSPS) is 10.6. The molecule has 0 saturated heterocycles. The Bertz CT molecular complexity index is 976. The van der Waals surface area contributed by atoms with Gasteiger partial charge in [-0.1, -0.05) is 0 Å². The molecular weight excluding hydrogens is 324 g/mol. The minimum atomic E-state index is 0. The van der Waals surface area contributed by atoms with Crippen LogP contribution in [0.25, 0.3) is 16.7 Å². The van der Waals surface area contributed by atoms with Crippen molar-refractivity contribution in [2.75, 3.05) is 0 Å². The Kier molecular flexibility index (Phi) is 4.27. The average molecular weight is 341 g/mol. The van der Waals surface area contributed by atoms with Crippen LogP contribution in [0.2, 0.25) is 0 Å². The Hall–Kier alpha value is -2.79. The zero-order valence-electron chi connectivity index (χ0n) is 13.4. The summed E-state index contributed by atoms with van der Waals surface area (Å²) in [4.78, 5) is 12.0. The van der Waals surface area contributed by atoms with Crippen molar-refractivity contribution in [2.24, 2.45) is 0 Å². The lowest BCUT2D eigenvalue weighted by atomic mass is 10.2. The third-order valence-electron chi connectivity index (χ3n) is 3.96. The SMILES string of the molecule is Cc1nccc(Oc2nc3ccc(-n4cccc4)cc3[nH]2)c1C.Cl. The smallest absolute Gasteiger partial charge is 0.300 e. The van der Waals surface area contributed by atoms with Crippen LogP contribution in [0.1, 0.15) is 11.3 Å². The molecule has 0 unspecified atom stereocenters. The molecule has 5 nitrogen and oxygen atoms in total. The Morgan fingerprint density at radius 2 is 1.88 bits per heavy atom. The first-order valence-corrected chi connectivity index (χ1v) is 7.44. The molecule has 4 rings (SSSR count). The molecule has 0 aliphatic carbocycles. The number of hydrogen-bond acceptors (Lipinski definition) is 3. The van der Waals surface area contributed by atoms with Gasteiger partial charge in [0, 0.05) is 35.5 Å². The summed E-state index contributed by atoms with van der Waals surface area (Å²) in [6.07, 6.45) is 5.76. The van der Waals surface area contributed by atoms with Gasteiger partial charge >= 0.3 is 0 Å². The maximum atomic E-state index is 5.89. The van der Waals surface area contributed by atoms with Crippen molar-refractivity contribution >= 4 is 23.4 Å². The van der Waals surface area contributed by atoms with Gasteiger partial charge in [0.2, 0.25) is 0 Å². The Balaban J connectivity index is 0.00000169. The van der Waals surface area contributed by atoms with E-state index in [9.17, 15) is 0 Å². The quantitative estimate of drug-likeness (QED) is 0.594. The minimum absolute atomic E-state index is 0. The van der Waals surface area contributed by atoms with Gasteiger partial charge in [0.1, 0.15) is 5.75 Å². The van der Waals surface area contributed by atoms with E-state index in [-0.39, 0.29) is 12.4 Å². The van der Waals surface area contributed by atoms with Gasteiger partial charge in [0.15, 0.2) is 0 Å². The molecule has 0 radical (unpaired) electrons. The first-order valence-electron chi connectivity index (χ1n) is 7.44. The summed E-state index contributed by atoms with van der Waals surface area (Å²) in [5, 5.41) is 0. The molecule has 0 amide bonds. The predicted molar refractivity (Wildman–Crippen MR) is 96.5 cm³/mol. The fourth-order valence-corrected chi connectivity index (χ4v) is 2.52. The van der Waals surface area contributed by atoms with E-state index in [0.717, 1.165) is 33.7 Å². The van der Waals surface area contributed by atoms with Crippen LogP contribution in [-0.2, 0) is 0 Å². The van der Waals surface area contributed by atoms with Crippen LogP contribution in [0.5, 0.6) is 11.8 Å². The van der Waals surface area contributed by atoms with Crippen LogP contribution in [-0.4, -0.2) is 19.5 Å². The van der Waals surface area contributed by atoms with Crippen molar-refractivity contribution in [2.45, 2.75) is 13.8 Å². The fourth-order valence-electron chi connectivity index (χ4n) is 2.52. The van der Waals surface area contributed by atoms with Crippen LogP contribution >= 0.6 is 12.4 Å². The Morgan fingerprint density at radius 1 is 1.08 bits per heavy atom. The van der Waals surface area contributed by atoms with Gasteiger partial charge in [-0.2, -0.15) is 4.98 Å². The molecule has 0 spiro atoms. The van der Waals surface area contributed by atoms with Gasteiger partial charge < -0.3 is 14.3 Å². The van der Waals surface area contributed by atoms with E-state index < -0.39 is 0 Å². The van der Waals surface area contributed by atoms with Gasteiger partial charge in [-0.3, -0.25) is 4.98 Å². The summed E-state index contributed by atoms with van der Waals surface area (Å²) in [5.41, 5.74) is 4.86. The maximum absolute atomic E-state index is 5.89. The molecule has 0 bridgehead atoms. The number of nitrogens with one attached hydrogen (secondary N) is 1. The van der Waals surface area contributed by atoms with Crippen LogP contribution in [0.15, 0.2) is 55.0 Å². The van der Waals surface area contributed by atoms with E-state index >= 15 is 0 Å². The lowest BCUT2D eigenvalue weighted by Crippen LogP contribution is -1.93. The molecule has 0 atom stereocenters.